The number of furan rings is 1. The van der Waals surface area contributed by atoms with E-state index in [1.807, 2.05) is 12.1 Å². The highest BCUT2D eigenvalue weighted by Gasteiger charge is 1.81. The van der Waals surface area contributed by atoms with Crippen molar-refractivity contribution in [2.45, 2.75) is 0 Å². The fourth-order valence-electron chi connectivity index (χ4n) is 0.227. The summed E-state index contributed by atoms with van der Waals surface area (Å²) < 4.78 is 29.8. The molecule has 1 rings (SSSR count). The van der Waals surface area contributed by atoms with Crippen molar-refractivity contribution in [3.8, 4) is 0 Å². The van der Waals surface area contributed by atoms with E-state index in [-0.39, 0.29) is 0 Å². The lowest BCUT2D eigenvalue weighted by Crippen LogP contribution is -2.08. The number of hydrogen-bond donors (Lipinski definition) is 2. The van der Waals surface area contributed by atoms with E-state index in [9.17, 15) is 0 Å². The van der Waals surface area contributed by atoms with Gasteiger partial charge in [-0.25, -0.2) is 5.14 Å². The Morgan fingerprint density at radius 1 is 1.30 bits per heavy atom. The standard InChI is InChI=1S/C4H4O.H3NO3S/c1-2-4-5-3-1;1-5(2,3)4/h1-4H;(H3,1,2,3,4). The van der Waals surface area contributed by atoms with Crippen LogP contribution in [0.3, 0.4) is 0 Å². The molecule has 0 bridgehead atoms. The van der Waals surface area contributed by atoms with Crippen LogP contribution in [0, 0.1) is 0 Å². The molecule has 1 aromatic rings. The Balaban J connectivity index is 0.000000162. The molecule has 0 radical (unpaired) electrons. The molecule has 0 aliphatic heterocycles. The molecule has 0 amide bonds. The molecule has 58 valence electrons. The van der Waals surface area contributed by atoms with Crippen LogP contribution in [0.2, 0.25) is 0 Å². The minimum atomic E-state index is -4.17. The van der Waals surface area contributed by atoms with Crippen LogP contribution in [0.25, 0.3) is 0 Å². The van der Waals surface area contributed by atoms with Crippen LogP contribution in [0.15, 0.2) is 29.1 Å². The van der Waals surface area contributed by atoms with Crippen molar-refractivity contribution in [3.05, 3.63) is 24.7 Å². The summed E-state index contributed by atoms with van der Waals surface area (Å²) in [6, 6.07) is 3.67. The molecule has 1 aromatic heterocycles. The van der Waals surface area contributed by atoms with Crippen LogP contribution in [0.1, 0.15) is 0 Å². The fourth-order valence-corrected chi connectivity index (χ4v) is 0.227. The van der Waals surface area contributed by atoms with Crippen molar-refractivity contribution in [3.63, 3.8) is 0 Å². The van der Waals surface area contributed by atoms with Crippen LogP contribution in [0.5, 0.6) is 0 Å². The second-order valence-electron chi connectivity index (χ2n) is 1.31. The van der Waals surface area contributed by atoms with E-state index >= 15 is 0 Å². The summed E-state index contributed by atoms with van der Waals surface area (Å²) >= 11 is 0. The molecule has 0 aliphatic rings. The van der Waals surface area contributed by atoms with Gasteiger partial charge >= 0.3 is 10.3 Å². The Bertz CT molecular complexity index is 213. The lowest BCUT2D eigenvalue weighted by Gasteiger charge is -1.70. The average Bonchev–Trinajstić information content (AvgIpc) is 2.07. The third kappa shape index (κ3) is 15.7. The Morgan fingerprint density at radius 3 is 1.70 bits per heavy atom. The molecule has 0 unspecified atom stereocenters. The third-order valence-electron chi connectivity index (χ3n) is 0.425. The summed E-state index contributed by atoms with van der Waals surface area (Å²) in [5, 5.41) is 3.88. The zero-order valence-electron chi connectivity index (χ0n) is 4.97. The average molecular weight is 165 g/mol. The van der Waals surface area contributed by atoms with Gasteiger partial charge in [0.2, 0.25) is 0 Å². The Morgan fingerprint density at radius 2 is 1.60 bits per heavy atom. The zero-order valence-corrected chi connectivity index (χ0v) is 5.78. The van der Waals surface area contributed by atoms with Gasteiger partial charge < -0.3 is 4.42 Å². The fraction of sp³-hybridized carbons (Fsp3) is 0. The molecular formula is C4H7NO4S. The number of nitrogens with two attached hydrogens (primary N) is 1. The van der Waals surface area contributed by atoms with E-state index in [4.69, 9.17) is 13.0 Å². The van der Waals surface area contributed by atoms with E-state index in [0.717, 1.165) is 0 Å². The molecule has 0 aromatic carbocycles. The highest BCUT2D eigenvalue weighted by Crippen LogP contribution is 1.79. The first-order chi connectivity index (χ1) is 4.50. The highest BCUT2D eigenvalue weighted by atomic mass is 32.2. The van der Waals surface area contributed by atoms with Crippen molar-refractivity contribution in [2.75, 3.05) is 0 Å². The van der Waals surface area contributed by atoms with Gasteiger partial charge in [0.15, 0.2) is 0 Å². The summed E-state index contributed by atoms with van der Waals surface area (Å²) in [6.07, 6.45) is 3.25. The Labute approximate surface area is 58.3 Å². The zero-order chi connectivity index (χ0) is 8.04. The van der Waals surface area contributed by atoms with E-state index in [1.165, 1.54) is 0 Å². The normalized spacial score (nSPS) is 9.80. The molecule has 6 heteroatoms. The van der Waals surface area contributed by atoms with E-state index in [2.05, 4.69) is 9.56 Å². The first-order valence-electron chi connectivity index (χ1n) is 2.22. The smallest absolute Gasteiger partial charge is 0.330 e. The minimum Gasteiger partial charge on any atom is -0.473 e. The first kappa shape index (κ1) is 9.15. The van der Waals surface area contributed by atoms with Gasteiger partial charge in [-0.1, -0.05) is 0 Å². The summed E-state index contributed by atoms with van der Waals surface area (Å²) in [6.45, 7) is 0. The topological polar surface area (TPSA) is 93.5 Å². The second-order valence-corrected chi connectivity index (χ2v) is 2.34. The summed E-state index contributed by atoms with van der Waals surface area (Å²) in [5.74, 6) is 0. The quantitative estimate of drug-likeness (QED) is 0.530. The van der Waals surface area contributed by atoms with Crippen LogP contribution in [-0.4, -0.2) is 13.0 Å². The number of hydrogen-bond acceptors (Lipinski definition) is 3. The molecule has 5 nitrogen and oxygen atoms in total. The molecule has 0 saturated heterocycles. The summed E-state index contributed by atoms with van der Waals surface area (Å²) in [4.78, 5) is 0. The maximum atomic E-state index is 8.97. The van der Waals surface area contributed by atoms with E-state index in [0.29, 0.717) is 0 Å². The predicted octanol–water partition coefficient (Wildman–Crippen LogP) is 0.0275. The van der Waals surface area contributed by atoms with Gasteiger partial charge in [-0.2, -0.15) is 8.42 Å². The van der Waals surface area contributed by atoms with E-state index in [1.54, 1.807) is 12.5 Å². The van der Waals surface area contributed by atoms with Gasteiger partial charge in [-0.15, -0.1) is 0 Å². The van der Waals surface area contributed by atoms with Gasteiger partial charge in [0.25, 0.3) is 0 Å². The Hall–Kier alpha value is -0.850. The van der Waals surface area contributed by atoms with Crippen molar-refractivity contribution >= 4 is 10.3 Å². The van der Waals surface area contributed by atoms with Crippen molar-refractivity contribution in [1.29, 1.82) is 0 Å². The van der Waals surface area contributed by atoms with Gasteiger partial charge in [-0.3, -0.25) is 4.55 Å². The molecule has 10 heavy (non-hydrogen) atoms. The van der Waals surface area contributed by atoms with Gasteiger partial charge in [0, 0.05) is 0 Å². The maximum absolute atomic E-state index is 8.97. The molecule has 1 heterocycles. The first-order valence-corrected chi connectivity index (χ1v) is 3.73. The second kappa shape index (κ2) is 4.04. The largest absolute Gasteiger partial charge is 0.473 e. The minimum absolute atomic E-state index is 1.62. The molecule has 0 atom stereocenters. The van der Waals surface area contributed by atoms with Gasteiger partial charge in [-0.05, 0) is 12.1 Å². The maximum Gasteiger partial charge on any atom is 0.330 e. The lowest BCUT2D eigenvalue weighted by molar-refractivity contribution is 0.485. The summed E-state index contributed by atoms with van der Waals surface area (Å²) in [5.41, 5.74) is 0. The molecular weight excluding hydrogens is 158 g/mol. The van der Waals surface area contributed by atoms with Gasteiger partial charge in [0.1, 0.15) is 0 Å². The van der Waals surface area contributed by atoms with E-state index < -0.39 is 10.3 Å². The van der Waals surface area contributed by atoms with Crippen LogP contribution in [-0.2, 0) is 10.3 Å². The predicted molar refractivity (Wildman–Crippen MR) is 34.4 cm³/mol. The van der Waals surface area contributed by atoms with Crippen LogP contribution in [0.4, 0.5) is 0 Å². The highest BCUT2D eigenvalue weighted by molar-refractivity contribution is 7.83. The Kier molecular flexibility index (Phi) is 3.70. The summed E-state index contributed by atoms with van der Waals surface area (Å²) in [7, 11) is -4.17. The molecule has 3 N–H and O–H groups in total. The molecule has 0 spiro atoms. The van der Waals surface area contributed by atoms with Crippen LogP contribution < -0.4 is 5.14 Å². The van der Waals surface area contributed by atoms with Crippen molar-refractivity contribution in [2.24, 2.45) is 5.14 Å². The SMILES string of the molecule is NS(=O)(=O)O.c1ccoc1. The molecule has 0 fully saturated rings. The number of rotatable bonds is 0. The van der Waals surface area contributed by atoms with Crippen molar-refractivity contribution < 1.29 is 17.4 Å². The van der Waals surface area contributed by atoms with Gasteiger partial charge in [0.05, 0.1) is 12.5 Å². The lowest BCUT2D eigenvalue weighted by atomic mass is 10.7. The third-order valence-corrected chi connectivity index (χ3v) is 0.425. The van der Waals surface area contributed by atoms with Crippen LogP contribution >= 0.6 is 0 Å². The molecule has 0 aliphatic carbocycles. The van der Waals surface area contributed by atoms with Crippen molar-refractivity contribution in [1.82, 2.24) is 0 Å². The monoisotopic (exact) mass is 165 g/mol. The molecule has 0 saturated carbocycles.